The zero-order valence-electron chi connectivity index (χ0n) is 13.6. The first-order valence-electron chi connectivity index (χ1n) is 7.21. The van der Waals surface area contributed by atoms with Gasteiger partial charge in [0.1, 0.15) is 5.82 Å². The van der Waals surface area contributed by atoms with E-state index in [4.69, 9.17) is 11.6 Å². The van der Waals surface area contributed by atoms with Gasteiger partial charge in [0.2, 0.25) is 0 Å². The molecule has 1 aliphatic rings. The summed E-state index contributed by atoms with van der Waals surface area (Å²) in [6.07, 6.45) is 0. The van der Waals surface area contributed by atoms with Gasteiger partial charge in [-0.3, -0.25) is 4.90 Å². The molecule has 2 rings (SSSR count). The maximum absolute atomic E-state index is 14.4. The highest BCUT2D eigenvalue weighted by molar-refractivity contribution is 6.32. The van der Waals surface area contributed by atoms with Crippen LogP contribution in [0.5, 0.6) is 0 Å². The van der Waals surface area contributed by atoms with Crippen molar-refractivity contribution in [3.63, 3.8) is 0 Å². The minimum atomic E-state index is -0.195. The third-order valence-corrected chi connectivity index (χ3v) is 4.43. The molecule has 1 aromatic carbocycles. The van der Waals surface area contributed by atoms with Crippen LogP contribution < -0.4 is 5.32 Å². The van der Waals surface area contributed by atoms with Crippen LogP contribution in [0, 0.1) is 18.2 Å². The molecule has 0 amide bonds. The van der Waals surface area contributed by atoms with E-state index in [2.05, 4.69) is 31.0 Å². The number of rotatable bonds is 2. The molecule has 6 heteroatoms. The van der Waals surface area contributed by atoms with Gasteiger partial charge >= 0.3 is 0 Å². The van der Waals surface area contributed by atoms with Crippen LogP contribution in [0.3, 0.4) is 0 Å². The lowest BCUT2D eigenvalue weighted by Gasteiger charge is -2.43. The second-order valence-electron chi connectivity index (χ2n) is 6.65. The second-order valence-corrected chi connectivity index (χ2v) is 7.02. The summed E-state index contributed by atoms with van der Waals surface area (Å²) in [5.74, 6) is -0.195. The van der Waals surface area contributed by atoms with Crippen LogP contribution in [-0.2, 0) is 0 Å². The largest absolute Gasteiger partial charge is 0.314 e. The third-order valence-electron chi connectivity index (χ3n) is 3.93. The van der Waals surface area contributed by atoms with Crippen LogP contribution in [0.1, 0.15) is 37.9 Å². The lowest BCUT2D eigenvalue weighted by Crippen LogP contribution is -2.48. The number of hydrogen-bond donors (Lipinski definition) is 1. The highest BCUT2D eigenvalue weighted by Crippen LogP contribution is 2.43. The number of aryl methyl sites for hydroxylation is 1. The second kappa shape index (κ2) is 8.70. The van der Waals surface area contributed by atoms with E-state index in [0.717, 1.165) is 31.7 Å². The number of halogens is 4. The minimum absolute atomic E-state index is 0. The summed E-state index contributed by atoms with van der Waals surface area (Å²) in [6.45, 7) is 12.1. The lowest BCUT2D eigenvalue weighted by atomic mass is 9.80. The first kappa shape index (κ1) is 21.9. The summed E-state index contributed by atoms with van der Waals surface area (Å²) in [5.41, 5.74) is 1.52. The summed E-state index contributed by atoms with van der Waals surface area (Å²) >= 11 is 6.44. The van der Waals surface area contributed by atoms with E-state index < -0.39 is 0 Å². The van der Waals surface area contributed by atoms with E-state index in [1.165, 1.54) is 6.07 Å². The topological polar surface area (TPSA) is 15.3 Å². The van der Waals surface area contributed by atoms with Gasteiger partial charge < -0.3 is 5.32 Å². The minimum Gasteiger partial charge on any atom is -0.314 e. The van der Waals surface area contributed by atoms with E-state index in [-0.39, 0.29) is 42.1 Å². The molecule has 1 fully saturated rings. The highest BCUT2D eigenvalue weighted by atomic mass is 35.5. The fraction of sp³-hybridized carbons (Fsp3) is 0.625. The summed E-state index contributed by atoms with van der Waals surface area (Å²) < 4.78 is 14.4. The average Bonchev–Trinajstić information content (AvgIpc) is 2.39. The Morgan fingerprint density at radius 1 is 1.18 bits per heavy atom. The van der Waals surface area contributed by atoms with Crippen molar-refractivity contribution in [3.8, 4) is 0 Å². The Morgan fingerprint density at radius 2 is 1.73 bits per heavy atom. The average molecular weight is 372 g/mol. The highest BCUT2D eigenvalue weighted by Gasteiger charge is 2.36. The van der Waals surface area contributed by atoms with Gasteiger partial charge in [0.05, 0.1) is 5.02 Å². The van der Waals surface area contributed by atoms with Crippen molar-refractivity contribution in [3.05, 3.63) is 34.1 Å². The molecule has 0 unspecified atom stereocenters. The lowest BCUT2D eigenvalue weighted by molar-refractivity contribution is 0.0835. The molecule has 0 radical (unpaired) electrons. The zero-order valence-corrected chi connectivity index (χ0v) is 16.0. The van der Waals surface area contributed by atoms with Crippen LogP contribution in [0.2, 0.25) is 5.02 Å². The van der Waals surface area contributed by atoms with Crippen molar-refractivity contribution in [2.24, 2.45) is 5.41 Å². The number of hydrogen-bond acceptors (Lipinski definition) is 2. The normalized spacial score (nSPS) is 17.4. The van der Waals surface area contributed by atoms with Gasteiger partial charge in [0.25, 0.3) is 0 Å². The molecule has 22 heavy (non-hydrogen) atoms. The van der Waals surface area contributed by atoms with Crippen molar-refractivity contribution in [1.82, 2.24) is 10.2 Å². The van der Waals surface area contributed by atoms with Gasteiger partial charge in [0, 0.05) is 37.8 Å². The first-order valence-corrected chi connectivity index (χ1v) is 7.59. The molecule has 128 valence electrons. The van der Waals surface area contributed by atoms with Crippen LogP contribution in [0.15, 0.2) is 12.1 Å². The summed E-state index contributed by atoms with van der Waals surface area (Å²) in [5, 5.41) is 3.92. The Balaban J connectivity index is 0.00000220. The molecule has 1 atom stereocenters. The number of benzene rings is 1. The predicted octanol–water partition coefficient (Wildman–Crippen LogP) is 4.62. The van der Waals surface area contributed by atoms with Crippen molar-refractivity contribution < 1.29 is 4.39 Å². The maximum atomic E-state index is 14.4. The van der Waals surface area contributed by atoms with Crippen LogP contribution in [0.4, 0.5) is 4.39 Å². The van der Waals surface area contributed by atoms with Gasteiger partial charge in [-0.15, -0.1) is 24.8 Å². The molecular formula is C16H26Cl3FN2. The van der Waals surface area contributed by atoms with E-state index in [0.29, 0.717) is 10.6 Å². The Morgan fingerprint density at radius 3 is 2.23 bits per heavy atom. The zero-order chi connectivity index (χ0) is 14.9. The monoisotopic (exact) mass is 370 g/mol. The molecule has 2 nitrogen and oxygen atoms in total. The first-order chi connectivity index (χ1) is 9.32. The Hall–Kier alpha value is -0.0600. The molecule has 0 spiro atoms. The van der Waals surface area contributed by atoms with Crippen molar-refractivity contribution in [1.29, 1.82) is 0 Å². The Bertz CT molecular complexity index is 483. The van der Waals surface area contributed by atoms with Crippen LogP contribution in [-0.4, -0.2) is 31.1 Å². The molecule has 1 aromatic rings. The van der Waals surface area contributed by atoms with Gasteiger partial charge in [-0.05, 0) is 24.0 Å². The summed E-state index contributed by atoms with van der Waals surface area (Å²) in [6, 6.07) is 3.29. The van der Waals surface area contributed by atoms with E-state index in [1.54, 1.807) is 6.07 Å². The summed E-state index contributed by atoms with van der Waals surface area (Å²) in [7, 11) is 0. The standard InChI is InChI=1S/C16H24ClFN2.2ClH/c1-11-5-6-12(18)13(14(11)17)15(16(2,3)4)20-9-7-19-8-10-20;;/h5-6,15,19H,7-10H2,1-4H3;2*1H/t15-;;/m1../s1. The smallest absolute Gasteiger partial charge is 0.129 e. The molecule has 1 N–H and O–H groups in total. The van der Waals surface area contributed by atoms with Gasteiger partial charge in [0.15, 0.2) is 0 Å². The van der Waals surface area contributed by atoms with Gasteiger partial charge in [-0.1, -0.05) is 38.4 Å². The number of nitrogens with zero attached hydrogens (tertiary/aromatic N) is 1. The molecule has 1 aliphatic heterocycles. The predicted molar refractivity (Wildman–Crippen MR) is 97.3 cm³/mol. The van der Waals surface area contributed by atoms with Gasteiger partial charge in [-0.25, -0.2) is 4.39 Å². The third kappa shape index (κ3) is 4.72. The van der Waals surface area contributed by atoms with E-state index in [1.807, 2.05) is 6.92 Å². The molecule has 1 heterocycles. The maximum Gasteiger partial charge on any atom is 0.129 e. The molecule has 0 aliphatic carbocycles. The fourth-order valence-electron chi connectivity index (χ4n) is 3.03. The van der Waals surface area contributed by atoms with Gasteiger partial charge in [-0.2, -0.15) is 0 Å². The Labute approximate surface area is 150 Å². The number of piperazine rings is 1. The summed E-state index contributed by atoms with van der Waals surface area (Å²) in [4.78, 5) is 2.35. The van der Waals surface area contributed by atoms with Crippen LogP contribution in [0.25, 0.3) is 0 Å². The molecule has 1 saturated heterocycles. The van der Waals surface area contributed by atoms with Crippen molar-refractivity contribution >= 4 is 36.4 Å². The van der Waals surface area contributed by atoms with E-state index in [9.17, 15) is 4.39 Å². The number of nitrogens with one attached hydrogen (secondary N) is 1. The molecular weight excluding hydrogens is 346 g/mol. The molecule has 0 saturated carbocycles. The molecule has 0 aromatic heterocycles. The van der Waals surface area contributed by atoms with Crippen LogP contribution >= 0.6 is 36.4 Å². The fourth-order valence-corrected chi connectivity index (χ4v) is 3.29. The quantitative estimate of drug-likeness (QED) is 0.816. The van der Waals surface area contributed by atoms with Crippen molar-refractivity contribution in [2.45, 2.75) is 33.7 Å². The molecule has 0 bridgehead atoms. The van der Waals surface area contributed by atoms with E-state index >= 15 is 0 Å². The van der Waals surface area contributed by atoms with Crippen molar-refractivity contribution in [2.75, 3.05) is 26.2 Å². The Kier molecular flexibility index (Phi) is 8.67. The SMILES string of the molecule is Cc1ccc(F)c([C@@H](N2CCNCC2)C(C)(C)C)c1Cl.Cl.Cl.